The average molecular weight is 283 g/mol. The van der Waals surface area contributed by atoms with E-state index in [0.29, 0.717) is 25.1 Å². The summed E-state index contributed by atoms with van der Waals surface area (Å²) in [6.07, 6.45) is 3.26. The summed E-state index contributed by atoms with van der Waals surface area (Å²) < 4.78 is 5.01. The number of nitrogens with one attached hydrogen (secondary N) is 1. The first-order valence-corrected chi connectivity index (χ1v) is 7.52. The van der Waals surface area contributed by atoms with Crippen molar-refractivity contribution in [2.45, 2.75) is 44.7 Å². The second-order valence-corrected chi connectivity index (χ2v) is 5.64. The summed E-state index contributed by atoms with van der Waals surface area (Å²) in [6.45, 7) is 4.54. The summed E-state index contributed by atoms with van der Waals surface area (Å²) in [4.78, 5) is 26.6. The first-order chi connectivity index (χ1) is 9.60. The van der Waals surface area contributed by atoms with Gasteiger partial charge in [-0.25, -0.2) is 4.79 Å². The molecule has 2 amide bonds. The lowest BCUT2D eigenvalue weighted by molar-refractivity contribution is -0.132. The quantitative estimate of drug-likeness (QED) is 0.833. The maximum atomic E-state index is 11.6. The number of piperidine rings is 2. The van der Waals surface area contributed by atoms with E-state index in [1.165, 1.54) is 0 Å². The van der Waals surface area contributed by atoms with E-state index in [1.807, 2.05) is 14.0 Å². The van der Waals surface area contributed by atoms with E-state index < -0.39 is 0 Å². The fraction of sp³-hybridized carbons (Fsp3) is 0.857. The van der Waals surface area contributed by atoms with Gasteiger partial charge >= 0.3 is 6.09 Å². The van der Waals surface area contributed by atoms with Crippen molar-refractivity contribution in [1.82, 2.24) is 15.1 Å². The average Bonchev–Trinajstić information content (AvgIpc) is 2.44. The molecular formula is C14H25N3O3. The van der Waals surface area contributed by atoms with Crippen molar-refractivity contribution in [1.29, 1.82) is 0 Å². The largest absolute Gasteiger partial charge is 0.450 e. The minimum atomic E-state index is -0.200. The first kappa shape index (κ1) is 15.1. The van der Waals surface area contributed by atoms with Crippen molar-refractivity contribution < 1.29 is 14.3 Å². The van der Waals surface area contributed by atoms with Gasteiger partial charge in [0.05, 0.1) is 6.61 Å². The van der Waals surface area contributed by atoms with Gasteiger partial charge in [-0.2, -0.15) is 0 Å². The van der Waals surface area contributed by atoms with Crippen molar-refractivity contribution in [3.8, 4) is 0 Å². The Morgan fingerprint density at radius 3 is 2.60 bits per heavy atom. The van der Waals surface area contributed by atoms with Crippen LogP contribution in [0, 0.1) is 0 Å². The van der Waals surface area contributed by atoms with Crippen molar-refractivity contribution in [2.75, 3.05) is 33.3 Å². The highest BCUT2D eigenvalue weighted by molar-refractivity contribution is 5.76. The van der Waals surface area contributed by atoms with Crippen LogP contribution in [-0.4, -0.2) is 67.2 Å². The van der Waals surface area contributed by atoms with Crippen LogP contribution >= 0.6 is 0 Å². The van der Waals surface area contributed by atoms with E-state index in [4.69, 9.17) is 4.74 Å². The Labute approximate surface area is 120 Å². The normalized spacial score (nSPS) is 24.9. The summed E-state index contributed by atoms with van der Waals surface area (Å²) in [6, 6.07) is 0.823. The number of nitrogens with zero attached hydrogens (tertiary/aromatic N) is 2. The molecule has 6 heteroatoms. The zero-order valence-corrected chi connectivity index (χ0v) is 12.4. The molecule has 0 aromatic heterocycles. The number of ether oxygens (including phenoxy) is 1. The monoisotopic (exact) mass is 283 g/mol. The minimum absolute atomic E-state index is 0.200. The predicted octanol–water partition coefficient (Wildman–Crippen LogP) is 0.818. The van der Waals surface area contributed by atoms with Gasteiger partial charge in [0.1, 0.15) is 0 Å². The first-order valence-electron chi connectivity index (χ1n) is 7.52. The SMILES string of the molecule is CCOC(=O)N1CCC(NC2CCC(=O)N(C)C2)CC1. The highest BCUT2D eigenvalue weighted by atomic mass is 16.6. The predicted molar refractivity (Wildman–Crippen MR) is 75.4 cm³/mol. The van der Waals surface area contributed by atoms with E-state index in [1.54, 1.807) is 9.80 Å². The van der Waals surface area contributed by atoms with Crippen molar-refractivity contribution in [3.05, 3.63) is 0 Å². The zero-order valence-electron chi connectivity index (χ0n) is 12.4. The molecule has 0 aromatic rings. The molecule has 1 N–H and O–H groups in total. The Morgan fingerprint density at radius 2 is 2.00 bits per heavy atom. The van der Waals surface area contributed by atoms with E-state index in [0.717, 1.165) is 38.9 Å². The Kier molecular flexibility index (Phi) is 5.23. The van der Waals surface area contributed by atoms with Gasteiger partial charge in [0, 0.05) is 45.2 Å². The molecule has 1 unspecified atom stereocenters. The molecule has 2 aliphatic rings. The molecule has 114 valence electrons. The highest BCUT2D eigenvalue weighted by Crippen LogP contribution is 2.15. The summed E-state index contributed by atoms with van der Waals surface area (Å²) in [5, 5.41) is 3.63. The molecule has 2 rings (SSSR count). The molecule has 0 saturated carbocycles. The van der Waals surface area contributed by atoms with Gasteiger partial charge in [-0.3, -0.25) is 4.79 Å². The Balaban J connectivity index is 1.72. The second-order valence-electron chi connectivity index (χ2n) is 5.64. The van der Waals surface area contributed by atoms with Crippen molar-refractivity contribution in [2.24, 2.45) is 0 Å². The number of hydrogen-bond donors (Lipinski definition) is 1. The van der Waals surface area contributed by atoms with Crippen LogP contribution in [0.5, 0.6) is 0 Å². The fourth-order valence-corrected chi connectivity index (χ4v) is 2.93. The summed E-state index contributed by atoms with van der Waals surface area (Å²) >= 11 is 0. The maximum Gasteiger partial charge on any atom is 0.409 e. The number of amides is 2. The maximum absolute atomic E-state index is 11.6. The third kappa shape index (κ3) is 3.85. The molecule has 0 bridgehead atoms. The van der Waals surface area contributed by atoms with Gasteiger partial charge in [-0.15, -0.1) is 0 Å². The van der Waals surface area contributed by atoms with Crippen molar-refractivity contribution >= 4 is 12.0 Å². The molecule has 2 heterocycles. The van der Waals surface area contributed by atoms with Gasteiger partial charge < -0.3 is 19.9 Å². The van der Waals surface area contributed by atoms with Gasteiger partial charge in [0.25, 0.3) is 0 Å². The smallest absolute Gasteiger partial charge is 0.409 e. The van der Waals surface area contributed by atoms with E-state index in [9.17, 15) is 9.59 Å². The zero-order chi connectivity index (χ0) is 14.5. The standard InChI is InChI=1S/C14H25N3O3/c1-3-20-14(19)17-8-6-11(7-9-17)15-12-4-5-13(18)16(2)10-12/h11-12,15H,3-10H2,1-2H3. The summed E-state index contributed by atoms with van der Waals surface area (Å²) in [5.41, 5.74) is 0. The molecule has 0 radical (unpaired) electrons. The van der Waals surface area contributed by atoms with Gasteiger partial charge in [0.2, 0.25) is 5.91 Å². The van der Waals surface area contributed by atoms with Crippen LogP contribution in [0.2, 0.25) is 0 Å². The molecule has 2 fully saturated rings. The van der Waals surface area contributed by atoms with E-state index in [-0.39, 0.29) is 12.0 Å². The van der Waals surface area contributed by atoms with Crippen molar-refractivity contribution in [3.63, 3.8) is 0 Å². The minimum Gasteiger partial charge on any atom is -0.450 e. The number of likely N-dealkylation sites (N-methyl/N-ethyl adjacent to an activating group) is 1. The molecule has 1 atom stereocenters. The summed E-state index contributed by atoms with van der Waals surface area (Å²) in [7, 11) is 1.86. The third-order valence-electron chi connectivity index (χ3n) is 4.12. The van der Waals surface area contributed by atoms with E-state index in [2.05, 4.69) is 5.32 Å². The van der Waals surface area contributed by atoms with Gasteiger partial charge in [-0.1, -0.05) is 0 Å². The Hall–Kier alpha value is -1.30. The number of hydrogen-bond acceptors (Lipinski definition) is 4. The molecule has 6 nitrogen and oxygen atoms in total. The molecule has 2 aliphatic heterocycles. The molecule has 0 aliphatic carbocycles. The van der Waals surface area contributed by atoms with Gasteiger partial charge in [-0.05, 0) is 26.2 Å². The number of carbonyl (C=O) groups excluding carboxylic acids is 2. The molecule has 0 aromatic carbocycles. The van der Waals surface area contributed by atoms with Crippen LogP contribution < -0.4 is 5.32 Å². The van der Waals surface area contributed by atoms with Crippen LogP contribution in [0.15, 0.2) is 0 Å². The highest BCUT2D eigenvalue weighted by Gasteiger charge is 2.28. The Morgan fingerprint density at radius 1 is 1.30 bits per heavy atom. The second kappa shape index (κ2) is 6.92. The van der Waals surface area contributed by atoms with Crippen LogP contribution in [-0.2, 0) is 9.53 Å². The number of carbonyl (C=O) groups is 2. The fourth-order valence-electron chi connectivity index (χ4n) is 2.93. The molecule has 2 saturated heterocycles. The van der Waals surface area contributed by atoms with Gasteiger partial charge in [0.15, 0.2) is 0 Å². The third-order valence-corrected chi connectivity index (χ3v) is 4.12. The molecule has 0 spiro atoms. The number of rotatable bonds is 3. The van der Waals surface area contributed by atoms with Crippen LogP contribution in [0.4, 0.5) is 4.79 Å². The lowest BCUT2D eigenvalue weighted by Crippen LogP contribution is -2.53. The van der Waals surface area contributed by atoms with E-state index >= 15 is 0 Å². The van der Waals surface area contributed by atoms with Crippen LogP contribution in [0.25, 0.3) is 0 Å². The topological polar surface area (TPSA) is 61.9 Å². The van der Waals surface area contributed by atoms with Crippen LogP contribution in [0.3, 0.4) is 0 Å². The molecule has 20 heavy (non-hydrogen) atoms. The number of likely N-dealkylation sites (tertiary alicyclic amines) is 2. The summed E-state index contributed by atoms with van der Waals surface area (Å²) in [5.74, 6) is 0.236. The van der Waals surface area contributed by atoms with Crippen LogP contribution in [0.1, 0.15) is 32.6 Å². The molecular weight excluding hydrogens is 258 g/mol. The lowest BCUT2D eigenvalue weighted by atomic mass is 10.0. The lowest BCUT2D eigenvalue weighted by Gasteiger charge is -2.36. The Bertz CT molecular complexity index is 354.